The van der Waals surface area contributed by atoms with E-state index in [0.29, 0.717) is 25.0 Å². The molecule has 3 atom stereocenters. The number of rotatable bonds is 3. The molecule has 0 aromatic carbocycles. The highest BCUT2D eigenvalue weighted by molar-refractivity contribution is 5.07. The van der Waals surface area contributed by atoms with E-state index in [2.05, 4.69) is 17.1 Å². The van der Waals surface area contributed by atoms with Gasteiger partial charge in [0.2, 0.25) is 5.89 Å². The fraction of sp³-hybridized carbons (Fsp3) is 0.857. The normalized spacial score (nSPS) is 35.7. The van der Waals surface area contributed by atoms with Crippen molar-refractivity contribution in [1.29, 1.82) is 0 Å². The van der Waals surface area contributed by atoms with Gasteiger partial charge in [-0.2, -0.15) is 4.98 Å². The van der Waals surface area contributed by atoms with Crippen LogP contribution in [-0.4, -0.2) is 23.4 Å². The van der Waals surface area contributed by atoms with Gasteiger partial charge in [-0.15, -0.1) is 0 Å². The van der Waals surface area contributed by atoms with Crippen molar-refractivity contribution in [2.75, 3.05) is 13.2 Å². The first-order chi connectivity index (χ1) is 9.21. The lowest BCUT2D eigenvalue weighted by molar-refractivity contribution is 0.166. The first-order valence-electron chi connectivity index (χ1n) is 7.42. The van der Waals surface area contributed by atoms with Crippen LogP contribution >= 0.6 is 0 Å². The summed E-state index contributed by atoms with van der Waals surface area (Å²) >= 11 is 0. The highest BCUT2D eigenvalue weighted by atomic mass is 16.5. The lowest BCUT2D eigenvalue weighted by atomic mass is 9.80. The van der Waals surface area contributed by atoms with Crippen molar-refractivity contribution in [2.24, 2.45) is 11.7 Å². The van der Waals surface area contributed by atoms with Crippen molar-refractivity contribution in [2.45, 2.75) is 56.9 Å². The van der Waals surface area contributed by atoms with E-state index in [1.54, 1.807) is 0 Å². The van der Waals surface area contributed by atoms with Crippen LogP contribution in [0.1, 0.15) is 63.1 Å². The Labute approximate surface area is 113 Å². The minimum Gasteiger partial charge on any atom is -0.379 e. The Hall–Kier alpha value is -0.940. The molecule has 0 amide bonds. The lowest BCUT2D eigenvalue weighted by Crippen LogP contribution is -2.37. The summed E-state index contributed by atoms with van der Waals surface area (Å²) in [7, 11) is 0. The maximum atomic E-state index is 6.26. The summed E-state index contributed by atoms with van der Waals surface area (Å²) in [6, 6.07) is 0. The standard InChI is InChI=1S/C14H23N3O2/c1-2-10-4-3-5-11(8-10)12-16-13(19-17-12)14(15)6-7-18-9-14/h10-11H,2-9,15H2,1H3. The van der Waals surface area contributed by atoms with Gasteiger partial charge in [-0.3, -0.25) is 0 Å². The molecule has 3 rings (SSSR count). The van der Waals surface area contributed by atoms with E-state index in [1.165, 1.54) is 32.1 Å². The molecule has 3 unspecified atom stereocenters. The first kappa shape index (κ1) is 13.1. The molecule has 0 radical (unpaired) electrons. The van der Waals surface area contributed by atoms with Crippen LogP contribution in [0.25, 0.3) is 0 Å². The van der Waals surface area contributed by atoms with E-state index in [1.807, 2.05) is 0 Å². The molecule has 2 N–H and O–H groups in total. The zero-order chi connectivity index (χ0) is 13.3. The highest BCUT2D eigenvalue weighted by Crippen LogP contribution is 2.37. The van der Waals surface area contributed by atoms with Crippen molar-refractivity contribution < 1.29 is 9.26 Å². The fourth-order valence-electron chi connectivity index (χ4n) is 3.25. The number of hydrogen-bond donors (Lipinski definition) is 1. The number of ether oxygens (including phenoxy) is 1. The van der Waals surface area contributed by atoms with Gasteiger partial charge in [0.15, 0.2) is 5.82 Å². The fourth-order valence-corrected chi connectivity index (χ4v) is 3.25. The van der Waals surface area contributed by atoms with Gasteiger partial charge in [0, 0.05) is 12.5 Å². The molecule has 0 bridgehead atoms. The SMILES string of the molecule is CCC1CCCC(c2noc(C3(N)CCOC3)n2)C1. The van der Waals surface area contributed by atoms with Gasteiger partial charge in [-0.05, 0) is 25.2 Å². The van der Waals surface area contributed by atoms with Crippen molar-refractivity contribution >= 4 is 0 Å². The second-order valence-electron chi connectivity index (χ2n) is 6.05. The Balaban J connectivity index is 1.74. The van der Waals surface area contributed by atoms with Crippen LogP contribution < -0.4 is 5.73 Å². The Morgan fingerprint density at radius 3 is 3.05 bits per heavy atom. The van der Waals surface area contributed by atoms with Crippen LogP contribution in [0.3, 0.4) is 0 Å². The molecule has 1 aliphatic carbocycles. The molecule has 2 fully saturated rings. The number of aromatic nitrogens is 2. The zero-order valence-electron chi connectivity index (χ0n) is 11.6. The van der Waals surface area contributed by atoms with Crippen LogP contribution in [0.15, 0.2) is 4.52 Å². The number of nitrogens with two attached hydrogens (primary N) is 1. The van der Waals surface area contributed by atoms with Gasteiger partial charge < -0.3 is 15.0 Å². The second kappa shape index (κ2) is 5.21. The average molecular weight is 265 g/mol. The number of hydrogen-bond acceptors (Lipinski definition) is 5. The molecule has 1 aliphatic heterocycles. The summed E-state index contributed by atoms with van der Waals surface area (Å²) < 4.78 is 10.8. The molecule has 0 spiro atoms. The smallest absolute Gasteiger partial charge is 0.249 e. The van der Waals surface area contributed by atoms with Gasteiger partial charge in [0.25, 0.3) is 0 Å². The summed E-state index contributed by atoms with van der Waals surface area (Å²) in [6.07, 6.45) is 6.97. The van der Waals surface area contributed by atoms with Crippen LogP contribution in [0.5, 0.6) is 0 Å². The average Bonchev–Trinajstić information content (AvgIpc) is 3.08. The molecule has 5 heteroatoms. The zero-order valence-corrected chi connectivity index (χ0v) is 11.6. The maximum absolute atomic E-state index is 6.26. The van der Waals surface area contributed by atoms with E-state index < -0.39 is 5.54 Å². The van der Waals surface area contributed by atoms with Crippen LogP contribution in [0.4, 0.5) is 0 Å². The minimum atomic E-state index is -0.565. The third kappa shape index (κ3) is 2.54. The third-order valence-corrected chi connectivity index (χ3v) is 4.65. The molecule has 1 aromatic rings. The van der Waals surface area contributed by atoms with Gasteiger partial charge in [0.1, 0.15) is 5.54 Å². The predicted octanol–water partition coefficient (Wildman–Crippen LogP) is 2.33. The van der Waals surface area contributed by atoms with Gasteiger partial charge in [-0.1, -0.05) is 31.3 Å². The summed E-state index contributed by atoms with van der Waals surface area (Å²) in [5, 5.41) is 4.18. The Morgan fingerprint density at radius 2 is 2.32 bits per heavy atom. The Morgan fingerprint density at radius 1 is 1.42 bits per heavy atom. The first-order valence-corrected chi connectivity index (χ1v) is 7.42. The van der Waals surface area contributed by atoms with Crippen LogP contribution in [0, 0.1) is 5.92 Å². The van der Waals surface area contributed by atoms with Crippen molar-refractivity contribution in [3.8, 4) is 0 Å². The minimum absolute atomic E-state index is 0.446. The summed E-state index contributed by atoms with van der Waals surface area (Å²) in [4.78, 5) is 4.57. The largest absolute Gasteiger partial charge is 0.379 e. The quantitative estimate of drug-likeness (QED) is 0.908. The Bertz CT molecular complexity index is 426. The van der Waals surface area contributed by atoms with Crippen molar-refractivity contribution in [3.05, 3.63) is 11.7 Å². The van der Waals surface area contributed by atoms with Gasteiger partial charge in [0.05, 0.1) is 6.61 Å². The van der Waals surface area contributed by atoms with E-state index in [0.717, 1.165) is 18.2 Å². The predicted molar refractivity (Wildman–Crippen MR) is 70.6 cm³/mol. The monoisotopic (exact) mass is 265 g/mol. The highest BCUT2D eigenvalue weighted by Gasteiger charge is 2.39. The molecule has 19 heavy (non-hydrogen) atoms. The molecule has 1 saturated carbocycles. The lowest BCUT2D eigenvalue weighted by Gasteiger charge is -2.26. The van der Waals surface area contributed by atoms with E-state index in [-0.39, 0.29) is 0 Å². The maximum Gasteiger partial charge on any atom is 0.249 e. The topological polar surface area (TPSA) is 74.2 Å². The molecular weight excluding hydrogens is 242 g/mol. The van der Waals surface area contributed by atoms with E-state index in [9.17, 15) is 0 Å². The molecule has 2 aliphatic rings. The summed E-state index contributed by atoms with van der Waals surface area (Å²) in [5.41, 5.74) is 5.69. The van der Waals surface area contributed by atoms with E-state index in [4.69, 9.17) is 15.0 Å². The Kier molecular flexibility index (Phi) is 3.58. The van der Waals surface area contributed by atoms with Gasteiger partial charge >= 0.3 is 0 Å². The van der Waals surface area contributed by atoms with Crippen molar-refractivity contribution in [3.63, 3.8) is 0 Å². The summed E-state index contributed by atoms with van der Waals surface area (Å²) in [6.45, 7) is 3.42. The molecule has 2 heterocycles. The molecule has 106 valence electrons. The van der Waals surface area contributed by atoms with Crippen LogP contribution in [-0.2, 0) is 10.3 Å². The van der Waals surface area contributed by atoms with Crippen LogP contribution in [0.2, 0.25) is 0 Å². The third-order valence-electron chi connectivity index (χ3n) is 4.65. The molecule has 1 aromatic heterocycles. The van der Waals surface area contributed by atoms with Gasteiger partial charge in [-0.25, -0.2) is 0 Å². The van der Waals surface area contributed by atoms with Crippen molar-refractivity contribution in [1.82, 2.24) is 10.1 Å². The molecule has 5 nitrogen and oxygen atoms in total. The molecule has 1 saturated heterocycles. The number of nitrogens with zero attached hydrogens (tertiary/aromatic N) is 2. The summed E-state index contributed by atoms with van der Waals surface area (Å²) in [5.74, 6) is 2.66. The molecular formula is C14H23N3O2. The van der Waals surface area contributed by atoms with E-state index >= 15 is 0 Å². The second-order valence-corrected chi connectivity index (χ2v) is 6.05.